The van der Waals surface area contributed by atoms with Crippen LogP contribution in [0.2, 0.25) is 0 Å². The molecule has 0 bridgehead atoms. The number of benzene rings is 1. The van der Waals surface area contributed by atoms with Gasteiger partial charge in [-0.2, -0.15) is 5.10 Å². The van der Waals surface area contributed by atoms with E-state index in [1.165, 1.54) is 0 Å². The Morgan fingerprint density at radius 1 is 1.37 bits per heavy atom. The Hall–Kier alpha value is -2.87. The van der Waals surface area contributed by atoms with Crippen LogP contribution in [-0.4, -0.2) is 42.0 Å². The summed E-state index contributed by atoms with van der Waals surface area (Å²) in [4.78, 5) is 26.3. The number of rotatable bonds is 6. The molecule has 2 N–H and O–H groups in total. The Morgan fingerprint density at radius 3 is 2.81 bits per heavy atom. The second-order valence-corrected chi connectivity index (χ2v) is 6.63. The van der Waals surface area contributed by atoms with E-state index in [0.29, 0.717) is 25.3 Å². The molecule has 0 saturated carbocycles. The van der Waals surface area contributed by atoms with Crippen LogP contribution in [0.3, 0.4) is 0 Å². The van der Waals surface area contributed by atoms with Crippen molar-refractivity contribution in [3.63, 3.8) is 0 Å². The fourth-order valence-electron chi connectivity index (χ4n) is 3.24. The van der Waals surface area contributed by atoms with Crippen molar-refractivity contribution in [2.75, 3.05) is 30.5 Å². The smallest absolute Gasteiger partial charge is 0.319 e. The lowest BCUT2D eigenvalue weighted by molar-refractivity contribution is -0.117. The van der Waals surface area contributed by atoms with Crippen molar-refractivity contribution in [3.05, 3.63) is 41.7 Å². The third-order valence-corrected chi connectivity index (χ3v) is 4.71. The van der Waals surface area contributed by atoms with Gasteiger partial charge in [-0.15, -0.1) is 0 Å². The van der Waals surface area contributed by atoms with E-state index in [2.05, 4.69) is 15.7 Å². The molecule has 1 fully saturated rings. The third kappa shape index (κ3) is 4.28. The van der Waals surface area contributed by atoms with Crippen molar-refractivity contribution >= 4 is 23.3 Å². The summed E-state index contributed by atoms with van der Waals surface area (Å²) in [5.74, 6) is 0.116. The van der Waals surface area contributed by atoms with Gasteiger partial charge in [-0.05, 0) is 37.1 Å². The number of nitrogens with zero attached hydrogens (tertiary/aromatic N) is 3. The summed E-state index contributed by atoms with van der Waals surface area (Å²) in [5, 5.41) is 9.94. The van der Waals surface area contributed by atoms with Gasteiger partial charge in [-0.3, -0.25) is 9.48 Å². The molecule has 0 aliphatic carbocycles. The first kappa shape index (κ1) is 18.9. The molecule has 3 rings (SSSR count). The maximum Gasteiger partial charge on any atom is 0.319 e. The molecule has 3 amide bonds. The van der Waals surface area contributed by atoms with Crippen LogP contribution >= 0.6 is 0 Å². The van der Waals surface area contributed by atoms with Gasteiger partial charge in [0.2, 0.25) is 5.91 Å². The van der Waals surface area contributed by atoms with E-state index in [9.17, 15) is 9.59 Å². The van der Waals surface area contributed by atoms with Crippen molar-refractivity contribution in [2.45, 2.75) is 25.8 Å². The summed E-state index contributed by atoms with van der Waals surface area (Å²) in [7, 11) is 3.40. The molecule has 8 nitrogen and oxygen atoms in total. The fraction of sp³-hybridized carbons (Fsp3) is 0.421. The van der Waals surface area contributed by atoms with Crippen LogP contribution in [0.15, 0.2) is 30.5 Å². The number of ether oxygens (including phenoxy) is 1. The van der Waals surface area contributed by atoms with Crippen LogP contribution in [0.1, 0.15) is 30.1 Å². The quantitative estimate of drug-likeness (QED) is 0.816. The minimum Gasteiger partial charge on any atom is -0.382 e. The van der Waals surface area contributed by atoms with Crippen molar-refractivity contribution in [3.8, 4) is 0 Å². The highest BCUT2D eigenvalue weighted by Crippen LogP contribution is 2.27. The van der Waals surface area contributed by atoms with Gasteiger partial charge >= 0.3 is 6.03 Å². The van der Waals surface area contributed by atoms with Crippen LogP contribution in [0, 0.1) is 6.92 Å². The van der Waals surface area contributed by atoms with Crippen molar-refractivity contribution < 1.29 is 14.3 Å². The first-order chi connectivity index (χ1) is 13.0. The predicted molar refractivity (Wildman–Crippen MR) is 103 cm³/mol. The van der Waals surface area contributed by atoms with E-state index >= 15 is 0 Å². The van der Waals surface area contributed by atoms with E-state index in [0.717, 1.165) is 23.4 Å². The molecule has 0 unspecified atom stereocenters. The lowest BCUT2D eigenvalue weighted by atomic mass is 10.1. The second-order valence-electron chi connectivity index (χ2n) is 6.63. The van der Waals surface area contributed by atoms with Crippen molar-refractivity contribution in [1.29, 1.82) is 0 Å². The number of hydrogen-bond donors (Lipinski definition) is 2. The average molecular weight is 371 g/mol. The number of urea groups is 1. The lowest BCUT2D eigenvalue weighted by Crippen LogP contribution is -2.36. The molecule has 1 aromatic carbocycles. The predicted octanol–water partition coefficient (Wildman–Crippen LogP) is 2.36. The molecule has 1 atom stereocenters. The summed E-state index contributed by atoms with van der Waals surface area (Å²) in [6, 6.07) is 6.83. The van der Waals surface area contributed by atoms with Gasteiger partial charge in [0.25, 0.3) is 0 Å². The van der Waals surface area contributed by atoms with E-state index in [-0.39, 0.29) is 18.0 Å². The van der Waals surface area contributed by atoms with Gasteiger partial charge in [0.1, 0.15) is 0 Å². The minimum absolute atomic E-state index is 0.116. The van der Waals surface area contributed by atoms with Gasteiger partial charge in [-0.25, -0.2) is 4.79 Å². The van der Waals surface area contributed by atoms with E-state index < -0.39 is 0 Å². The molecule has 1 aliphatic rings. The number of anilines is 2. The van der Waals surface area contributed by atoms with Crippen molar-refractivity contribution in [2.24, 2.45) is 7.05 Å². The molecule has 1 saturated heterocycles. The zero-order chi connectivity index (χ0) is 19.4. The standard InChI is InChI=1S/C19H25N5O3/c1-13-6-7-14(24-10-4-5-18(24)25)11-15(13)21-19(26)22-16(12-27-3)17-8-9-20-23(17)2/h6-9,11,16H,4-5,10,12H2,1-3H3,(H2,21,22,26)/t16-/m1/s1. The van der Waals surface area contributed by atoms with Gasteiger partial charge < -0.3 is 20.3 Å². The van der Waals surface area contributed by atoms with Gasteiger partial charge in [0, 0.05) is 44.7 Å². The highest BCUT2D eigenvalue weighted by molar-refractivity contribution is 5.97. The summed E-state index contributed by atoms with van der Waals surface area (Å²) in [6.45, 7) is 2.96. The second kappa shape index (κ2) is 8.22. The monoisotopic (exact) mass is 371 g/mol. The Bertz CT molecular complexity index is 833. The number of carbonyl (C=O) groups excluding carboxylic acids is 2. The Morgan fingerprint density at radius 2 is 2.19 bits per heavy atom. The number of aromatic nitrogens is 2. The molecule has 2 heterocycles. The topological polar surface area (TPSA) is 88.5 Å². The minimum atomic E-state index is -0.341. The summed E-state index contributed by atoms with van der Waals surface area (Å²) in [5.41, 5.74) is 3.24. The molecule has 0 radical (unpaired) electrons. The maximum absolute atomic E-state index is 12.6. The number of nitrogens with one attached hydrogen (secondary N) is 2. The summed E-state index contributed by atoms with van der Waals surface area (Å²) < 4.78 is 6.93. The molecule has 0 spiro atoms. The zero-order valence-corrected chi connectivity index (χ0v) is 15.9. The average Bonchev–Trinajstić information content (AvgIpc) is 3.25. The Balaban J connectivity index is 1.73. The molecule has 2 aromatic rings. The van der Waals surface area contributed by atoms with Gasteiger partial charge in [0.15, 0.2) is 0 Å². The number of amides is 3. The van der Waals surface area contributed by atoms with E-state index in [1.807, 2.05) is 38.2 Å². The Labute approximate surface area is 158 Å². The third-order valence-electron chi connectivity index (χ3n) is 4.71. The molecular weight excluding hydrogens is 346 g/mol. The van der Waals surface area contributed by atoms with Crippen LogP contribution < -0.4 is 15.5 Å². The largest absolute Gasteiger partial charge is 0.382 e. The number of methoxy groups -OCH3 is 1. The van der Waals surface area contributed by atoms with E-state index in [4.69, 9.17) is 4.74 Å². The van der Waals surface area contributed by atoms with Crippen LogP contribution in [-0.2, 0) is 16.6 Å². The SMILES string of the molecule is COC[C@@H](NC(=O)Nc1cc(N2CCCC2=O)ccc1C)c1ccnn1C. The number of hydrogen-bond acceptors (Lipinski definition) is 4. The van der Waals surface area contributed by atoms with Gasteiger partial charge in [0.05, 0.1) is 18.3 Å². The molecule has 1 aromatic heterocycles. The van der Waals surface area contributed by atoms with E-state index in [1.54, 1.807) is 22.9 Å². The maximum atomic E-state index is 12.6. The first-order valence-corrected chi connectivity index (χ1v) is 8.95. The van der Waals surface area contributed by atoms with Crippen LogP contribution in [0.5, 0.6) is 0 Å². The highest BCUT2D eigenvalue weighted by atomic mass is 16.5. The molecule has 1 aliphatic heterocycles. The fourth-order valence-corrected chi connectivity index (χ4v) is 3.24. The lowest BCUT2D eigenvalue weighted by Gasteiger charge is -2.21. The van der Waals surface area contributed by atoms with Crippen LogP contribution in [0.25, 0.3) is 0 Å². The number of carbonyl (C=O) groups is 2. The van der Waals surface area contributed by atoms with Gasteiger partial charge in [-0.1, -0.05) is 6.07 Å². The Kier molecular flexibility index (Phi) is 5.75. The molecular formula is C19H25N5O3. The molecule has 27 heavy (non-hydrogen) atoms. The summed E-state index contributed by atoms with van der Waals surface area (Å²) in [6.07, 6.45) is 3.11. The first-order valence-electron chi connectivity index (χ1n) is 8.95. The molecule has 144 valence electrons. The molecule has 8 heteroatoms. The summed E-state index contributed by atoms with van der Waals surface area (Å²) >= 11 is 0. The van der Waals surface area contributed by atoms with Crippen molar-refractivity contribution in [1.82, 2.24) is 15.1 Å². The van der Waals surface area contributed by atoms with Crippen LogP contribution in [0.4, 0.5) is 16.2 Å². The zero-order valence-electron chi connectivity index (χ0n) is 15.9. The highest BCUT2D eigenvalue weighted by Gasteiger charge is 2.23. The number of aryl methyl sites for hydroxylation is 2. The normalized spacial score (nSPS) is 15.1.